The van der Waals surface area contributed by atoms with Gasteiger partial charge in [-0.25, -0.2) is 0 Å². The van der Waals surface area contributed by atoms with Crippen molar-refractivity contribution in [1.29, 1.82) is 0 Å². The van der Waals surface area contributed by atoms with E-state index in [9.17, 15) is 4.79 Å². The number of methoxy groups -OCH3 is 1. The first-order valence-corrected chi connectivity index (χ1v) is 6.45. The zero-order chi connectivity index (χ0) is 12.1. The van der Waals surface area contributed by atoms with Crippen LogP contribution in [0.25, 0.3) is 0 Å². The molecule has 1 aromatic carbocycles. The molecule has 0 N–H and O–H groups in total. The number of hydrogen-bond donors (Lipinski definition) is 0. The van der Waals surface area contributed by atoms with Gasteiger partial charge in [0, 0.05) is 0 Å². The molecule has 0 spiro atoms. The molecule has 17 heavy (non-hydrogen) atoms. The smallest absolute Gasteiger partial charge is 0.313 e. The summed E-state index contributed by atoms with van der Waals surface area (Å²) in [5.74, 6) is 0.309. The van der Waals surface area contributed by atoms with E-state index in [0.717, 1.165) is 18.4 Å². The van der Waals surface area contributed by atoms with Crippen LogP contribution in [0.4, 0.5) is 0 Å². The topological polar surface area (TPSA) is 26.3 Å². The Bertz CT molecular complexity index is 352. The first-order chi connectivity index (χ1) is 8.33. The highest BCUT2D eigenvalue weighted by atomic mass is 16.5. The highest BCUT2D eigenvalue weighted by Gasteiger charge is 2.31. The van der Waals surface area contributed by atoms with Crippen molar-refractivity contribution in [1.82, 2.24) is 0 Å². The number of carbonyl (C=O) groups is 1. The van der Waals surface area contributed by atoms with Crippen LogP contribution in [0, 0.1) is 5.92 Å². The first-order valence-electron chi connectivity index (χ1n) is 6.45. The third-order valence-corrected chi connectivity index (χ3v) is 3.74. The largest absolute Gasteiger partial charge is 0.469 e. The highest BCUT2D eigenvalue weighted by Crippen LogP contribution is 2.36. The Kier molecular flexibility index (Phi) is 4.18. The van der Waals surface area contributed by atoms with E-state index in [1.54, 1.807) is 0 Å². The predicted octanol–water partition coefficient (Wildman–Crippen LogP) is 3.52. The van der Waals surface area contributed by atoms with Gasteiger partial charge in [0.05, 0.1) is 13.0 Å². The lowest BCUT2D eigenvalue weighted by Gasteiger charge is -2.28. The monoisotopic (exact) mass is 232 g/mol. The third kappa shape index (κ3) is 2.87. The van der Waals surface area contributed by atoms with Gasteiger partial charge in [0.2, 0.25) is 0 Å². The van der Waals surface area contributed by atoms with Crippen molar-refractivity contribution in [2.45, 2.75) is 38.0 Å². The highest BCUT2D eigenvalue weighted by molar-refractivity contribution is 5.78. The second-order valence-electron chi connectivity index (χ2n) is 4.81. The maximum Gasteiger partial charge on any atom is 0.313 e. The van der Waals surface area contributed by atoms with Gasteiger partial charge < -0.3 is 4.74 Å². The van der Waals surface area contributed by atoms with Crippen LogP contribution in [-0.2, 0) is 9.53 Å². The van der Waals surface area contributed by atoms with E-state index in [2.05, 4.69) is 0 Å². The molecular weight excluding hydrogens is 212 g/mol. The standard InChI is InChI=1S/C15H20O2/c1-17-15(16)14(12-8-4-2-5-9-12)13-10-6-3-7-11-13/h2,4-5,8-9,13-14H,3,6-7,10-11H2,1H3/t14-/m1/s1. The van der Waals surface area contributed by atoms with Gasteiger partial charge in [-0.1, -0.05) is 49.6 Å². The van der Waals surface area contributed by atoms with Crippen LogP contribution in [0.5, 0.6) is 0 Å². The van der Waals surface area contributed by atoms with Crippen LogP contribution < -0.4 is 0 Å². The zero-order valence-corrected chi connectivity index (χ0v) is 10.4. The Hall–Kier alpha value is -1.31. The molecular formula is C15H20O2. The van der Waals surface area contributed by atoms with E-state index < -0.39 is 0 Å². The molecule has 0 amide bonds. The van der Waals surface area contributed by atoms with Crippen molar-refractivity contribution in [3.8, 4) is 0 Å². The number of ether oxygens (including phenoxy) is 1. The van der Waals surface area contributed by atoms with Gasteiger partial charge in [0.1, 0.15) is 0 Å². The number of rotatable bonds is 3. The van der Waals surface area contributed by atoms with Gasteiger partial charge in [0.15, 0.2) is 0 Å². The van der Waals surface area contributed by atoms with Crippen LogP contribution in [0.2, 0.25) is 0 Å². The summed E-state index contributed by atoms with van der Waals surface area (Å²) in [6.45, 7) is 0. The lowest BCUT2D eigenvalue weighted by molar-refractivity contribution is -0.144. The Morgan fingerprint density at radius 2 is 1.82 bits per heavy atom. The van der Waals surface area contributed by atoms with E-state index >= 15 is 0 Å². The summed E-state index contributed by atoms with van der Waals surface area (Å²) in [5, 5.41) is 0. The Morgan fingerprint density at radius 3 is 2.41 bits per heavy atom. The van der Waals surface area contributed by atoms with E-state index in [1.807, 2.05) is 30.3 Å². The normalized spacial score (nSPS) is 18.6. The molecule has 0 heterocycles. The van der Waals surface area contributed by atoms with Gasteiger partial charge >= 0.3 is 5.97 Å². The minimum atomic E-state index is -0.0805. The van der Waals surface area contributed by atoms with Crippen molar-refractivity contribution in [2.24, 2.45) is 5.92 Å². The van der Waals surface area contributed by atoms with Gasteiger partial charge in [-0.05, 0) is 24.3 Å². The summed E-state index contributed by atoms with van der Waals surface area (Å²) < 4.78 is 4.98. The van der Waals surface area contributed by atoms with E-state index in [1.165, 1.54) is 26.4 Å². The van der Waals surface area contributed by atoms with Crippen molar-refractivity contribution in [3.05, 3.63) is 35.9 Å². The molecule has 1 atom stereocenters. The van der Waals surface area contributed by atoms with E-state index in [-0.39, 0.29) is 11.9 Å². The number of hydrogen-bond acceptors (Lipinski definition) is 2. The van der Waals surface area contributed by atoms with Crippen LogP contribution in [0.1, 0.15) is 43.6 Å². The summed E-state index contributed by atoms with van der Waals surface area (Å²) in [5.41, 5.74) is 1.10. The lowest BCUT2D eigenvalue weighted by atomic mass is 9.77. The quantitative estimate of drug-likeness (QED) is 0.745. The second kappa shape index (κ2) is 5.85. The summed E-state index contributed by atoms with van der Waals surface area (Å²) in [7, 11) is 1.49. The summed E-state index contributed by atoms with van der Waals surface area (Å²) in [4.78, 5) is 12.0. The molecule has 1 aliphatic rings. The molecule has 0 aliphatic heterocycles. The first kappa shape index (κ1) is 12.2. The van der Waals surface area contributed by atoms with Crippen molar-refractivity contribution < 1.29 is 9.53 Å². The SMILES string of the molecule is COC(=O)[C@H](c1ccccc1)C1CCCCC1. The minimum absolute atomic E-state index is 0.0681. The molecule has 0 aromatic heterocycles. The fraction of sp³-hybridized carbons (Fsp3) is 0.533. The van der Waals surface area contributed by atoms with Gasteiger partial charge in [-0.15, -0.1) is 0 Å². The van der Waals surface area contributed by atoms with Crippen molar-refractivity contribution in [2.75, 3.05) is 7.11 Å². The lowest BCUT2D eigenvalue weighted by Crippen LogP contribution is -2.24. The maximum absolute atomic E-state index is 12.0. The average Bonchev–Trinajstić information content (AvgIpc) is 2.41. The van der Waals surface area contributed by atoms with Crippen LogP contribution in [-0.4, -0.2) is 13.1 Å². The molecule has 2 rings (SSSR count). The molecule has 2 heteroatoms. The van der Waals surface area contributed by atoms with Crippen LogP contribution >= 0.6 is 0 Å². The molecule has 2 nitrogen and oxygen atoms in total. The number of carbonyl (C=O) groups excluding carboxylic acids is 1. The van der Waals surface area contributed by atoms with Crippen LogP contribution in [0.15, 0.2) is 30.3 Å². The van der Waals surface area contributed by atoms with Crippen LogP contribution in [0.3, 0.4) is 0 Å². The number of benzene rings is 1. The van der Waals surface area contributed by atoms with E-state index in [4.69, 9.17) is 4.74 Å². The van der Waals surface area contributed by atoms with Gasteiger partial charge in [-0.3, -0.25) is 4.79 Å². The molecule has 1 saturated carbocycles. The average molecular weight is 232 g/mol. The van der Waals surface area contributed by atoms with Gasteiger partial charge in [0.25, 0.3) is 0 Å². The fourth-order valence-electron chi connectivity index (χ4n) is 2.86. The summed E-state index contributed by atoms with van der Waals surface area (Å²) in [6, 6.07) is 10.0. The maximum atomic E-state index is 12.0. The Labute approximate surface area is 103 Å². The fourth-order valence-corrected chi connectivity index (χ4v) is 2.86. The van der Waals surface area contributed by atoms with Crippen molar-refractivity contribution in [3.63, 3.8) is 0 Å². The molecule has 1 fully saturated rings. The Morgan fingerprint density at radius 1 is 1.18 bits per heavy atom. The zero-order valence-electron chi connectivity index (χ0n) is 10.4. The molecule has 0 radical (unpaired) electrons. The second-order valence-corrected chi connectivity index (χ2v) is 4.81. The molecule has 0 saturated heterocycles. The summed E-state index contributed by atoms with van der Waals surface area (Å²) in [6.07, 6.45) is 6.08. The third-order valence-electron chi connectivity index (χ3n) is 3.74. The van der Waals surface area contributed by atoms with E-state index in [0.29, 0.717) is 5.92 Å². The molecule has 0 bridgehead atoms. The predicted molar refractivity (Wildman–Crippen MR) is 67.8 cm³/mol. The molecule has 1 aromatic rings. The molecule has 92 valence electrons. The Balaban J connectivity index is 2.21. The summed E-state index contributed by atoms with van der Waals surface area (Å²) >= 11 is 0. The van der Waals surface area contributed by atoms with Gasteiger partial charge in [-0.2, -0.15) is 0 Å². The molecule has 1 aliphatic carbocycles. The number of esters is 1. The minimum Gasteiger partial charge on any atom is -0.469 e. The molecule has 0 unspecified atom stereocenters. The van der Waals surface area contributed by atoms with Crippen molar-refractivity contribution >= 4 is 5.97 Å².